The van der Waals surface area contributed by atoms with E-state index in [1.807, 2.05) is 13.8 Å². The van der Waals surface area contributed by atoms with Gasteiger partial charge in [0, 0.05) is 17.4 Å². The highest BCUT2D eigenvalue weighted by Gasteiger charge is 2.15. The zero-order valence-corrected chi connectivity index (χ0v) is 13.8. The van der Waals surface area contributed by atoms with Gasteiger partial charge >= 0.3 is 0 Å². The molecule has 0 spiro atoms. The first-order valence-corrected chi connectivity index (χ1v) is 7.83. The summed E-state index contributed by atoms with van der Waals surface area (Å²) in [4.78, 5) is 28.1. The zero-order valence-electron chi connectivity index (χ0n) is 13.8. The van der Waals surface area contributed by atoms with E-state index < -0.39 is 6.04 Å². The quantitative estimate of drug-likeness (QED) is 0.760. The zero-order chi connectivity index (χ0) is 17.5. The first-order chi connectivity index (χ1) is 11.5. The Balaban J connectivity index is 1.95. The number of amides is 2. The maximum absolute atomic E-state index is 12.1. The van der Waals surface area contributed by atoms with E-state index in [1.165, 1.54) is 0 Å². The van der Waals surface area contributed by atoms with Gasteiger partial charge in [0.05, 0.1) is 17.9 Å². The highest BCUT2D eigenvalue weighted by molar-refractivity contribution is 6.04. The van der Waals surface area contributed by atoms with Crippen LogP contribution in [0, 0.1) is 5.92 Å². The molecule has 0 fully saturated rings. The maximum atomic E-state index is 12.1. The summed E-state index contributed by atoms with van der Waals surface area (Å²) in [5, 5.41) is 5.51. The van der Waals surface area contributed by atoms with E-state index in [-0.39, 0.29) is 11.8 Å². The number of nitrogens with two attached hydrogens (primary N) is 1. The van der Waals surface area contributed by atoms with E-state index >= 15 is 0 Å². The van der Waals surface area contributed by atoms with Gasteiger partial charge in [-0.2, -0.15) is 0 Å². The molecule has 1 atom stereocenters. The summed E-state index contributed by atoms with van der Waals surface area (Å²) in [7, 11) is 0. The van der Waals surface area contributed by atoms with Gasteiger partial charge in [0.1, 0.15) is 0 Å². The van der Waals surface area contributed by atoms with E-state index in [9.17, 15) is 9.59 Å². The number of hydrogen-bond acceptors (Lipinski definition) is 4. The average Bonchev–Trinajstić information content (AvgIpc) is 2.55. The Morgan fingerprint density at radius 2 is 1.79 bits per heavy atom. The Kier molecular flexibility index (Phi) is 6.03. The summed E-state index contributed by atoms with van der Waals surface area (Å²) in [6.45, 7) is 4.03. The molecule has 0 aliphatic rings. The number of aromatic nitrogens is 1. The largest absolute Gasteiger partial charge is 0.325 e. The van der Waals surface area contributed by atoms with Crippen LogP contribution in [0.3, 0.4) is 0 Å². The third-order valence-electron chi connectivity index (χ3n) is 3.40. The third-order valence-corrected chi connectivity index (χ3v) is 3.40. The number of pyridine rings is 1. The number of carbonyl (C=O) groups is 2. The number of anilines is 2. The molecule has 1 heterocycles. The van der Waals surface area contributed by atoms with Crippen LogP contribution in [0.5, 0.6) is 0 Å². The molecule has 126 valence electrons. The van der Waals surface area contributed by atoms with Crippen LogP contribution in [0.4, 0.5) is 11.4 Å². The molecule has 2 amide bonds. The van der Waals surface area contributed by atoms with Crippen molar-refractivity contribution in [3.63, 3.8) is 0 Å². The van der Waals surface area contributed by atoms with Crippen LogP contribution in [0.2, 0.25) is 0 Å². The molecule has 24 heavy (non-hydrogen) atoms. The first-order valence-electron chi connectivity index (χ1n) is 7.83. The molecule has 0 aliphatic carbocycles. The predicted octanol–water partition coefficient (Wildman–Crippen LogP) is 2.65. The number of nitrogens with one attached hydrogen (secondary N) is 2. The fourth-order valence-corrected chi connectivity index (χ4v) is 2.19. The molecule has 6 heteroatoms. The average molecular weight is 326 g/mol. The van der Waals surface area contributed by atoms with Gasteiger partial charge in [-0.3, -0.25) is 14.6 Å². The number of carbonyl (C=O) groups excluding carboxylic acids is 2. The summed E-state index contributed by atoms with van der Waals surface area (Å²) in [6.07, 6.45) is 3.83. The summed E-state index contributed by atoms with van der Waals surface area (Å²) in [6, 6.07) is 9.61. The van der Waals surface area contributed by atoms with Crippen molar-refractivity contribution < 1.29 is 9.59 Å². The van der Waals surface area contributed by atoms with Gasteiger partial charge in [-0.1, -0.05) is 13.8 Å². The smallest absolute Gasteiger partial charge is 0.255 e. The van der Waals surface area contributed by atoms with E-state index in [4.69, 9.17) is 5.73 Å². The molecule has 4 N–H and O–H groups in total. The molecule has 2 rings (SSSR count). The van der Waals surface area contributed by atoms with E-state index in [0.717, 1.165) is 0 Å². The summed E-state index contributed by atoms with van der Waals surface area (Å²) in [5.74, 6) is -0.113. The lowest BCUT2D eigenvalue weighted by molar-refractivity contribution is -0.117. The van der Waals surface area contributed by atoms with E-state index in [1.54, 1.807) is 48.8 Å². The lowest BCUT2D eigenvalue weighted by Crippen LogP contribution is -2.36. The normalized spacial score (nSPS) is 11.8. The van der Waals surface area contributed by atoms with Gasteiger partial charge in [-0.05, 0) is 48.7 Å². The highest BCUT2D eigenvalue weighted by Crippen LogP contribution is 2.13. The molecule has 1 aromatic carbocycles. The first kappa shape index (κ1) is 17.6. The van der Waals surface area contributed by atoms with Crippen LogP contribution in [-0.4, -0.2) is 22.8 Å². The number of benzene rings is 1. The molecule has 2 aromatic rings. The Morgan fingerprint density at radius 1 is 1.08 bits per heavy atom. The van der Waals surface area contributed by atoms with Crippen LogP contribution < -0.4 is 16.4 Å². The molecule has 0 radical (unpaired) electrons. The third kappa shape index (κ3) is 5.17. The summed E-state index contributed by atoms with van der Waals surface area (Å²) in [5.41, 5.74) is 7.57. The predicted molar refractivity (Wildman–Crippen MR) is 94.7 cm³/mol. The van der Waals surface area contributed by atoms with Crippen LogP contribution in [0.15, 0.2) is 48.8 Å². The van der Waals surface area contributed by atoms with Gasteiger partial charge in [0.2, 0.25) is 5.91 Å². The molecule has 0 bridgehead atoms. The minimum atomic E-state index is -0.543. The van der Waals surface area contributed by atoms with Crippen molar-refractivity contribution in [1.29, 1.82) is 0 Å². The number of nitrogens with zero attached hydrogens (tertiary/aromatic N) is 1. The molecular weight excluding hydrogens is 304 g/mol. The number of rotatable bonds is 6. The lowest BCUT2D eigenvalue weighted by atomic mass is 10.0. The molecule has 6 nitrogen and oxygen atoms in total. The van der Waals surface area contributed by atoms with Gasteiger partial charge < -0.3 is 16.4 Å². The summed E-state index contributed by atoms with van der Waals surface area (Å²) < 4.78 is 0. The minimum absolute atomic E-state index is 0.226. The Morgan fingerprint density at radius 3 is 2.38 bits per heavy atom. The van der Waals surface area contributed by atoms with Crippen LogP contribution in [0.25, 0.3) is 0 Å². The van der Waals surface area contributed by atoms with Gasteiger partial charge in [-0.25, -0.2) is 0 Å². The standard InChI is InChI=1S/C18H22N4O2/c1-12(2)10-16(19)18(24)21-14-7-5-13(6-8-14)17(23)22-15-4-3-9-20-11-15/h3-9,11-12,16H,10,19H2,1-2H3,(H,21,24)(H,22,23)/t16-/m0/s1. The Hall–Kier alpha value is -2.73. The lowest BCUT2D eigenvalue weighted by Gasteiger charge is -2.14. The Labute approximate surface area is 141 Å². The van der Waals surface area contributed by atoms with Crippen molar-refractivity contribution in [1.82, 2.24) is 4.98 Å². The van der Waals surface area contributed by atoms with E-state index in [0.29, 0.717) is 29.3 Å². The second kappa shape index (κ2) is 8.21. The van der Waals surface area contributed by atoms with E-state index in [2.05, 4.69) is 15.6 Å². The van der Waals surface area contributed by atoms with Crippen molar-refractivity contribution in [2.24, 2.45) is 11.7 Å². The van der Waals surface area contributed by atoms with Gasteiger partial charge in [-0.15, -0.1) is 0 Å². The fourth-order valence-electron chi connectivity index (χ4n) is 2.19. The minimum Gasteiger partial charge on any atom is -0.325 e. The maximum Gasteiger partial charge on any atom is 0.255 e. The second-order valence-corrected chi connectivity index (χ2v) is 6.00. The Bertz CT molecular complexity index is 684. The molecule has 1 aromatic heterocycles. The van der Waals surface area contributed by atoms with Crippen molar-refractivity contribution >= 4 is 23.2 Å². The molecular formula is C18H22N4O2. The monoisotopic (exact) mass is 326 g/mol. The summed E-state index contributed by atoms with van der Waals surface area (Å²) >= 11 is 0. The van der Waals surface area contributed by atoms with Crippen molar-refractivity contribution in [3.8, 4) is 0 Å². The van der Waals surface area contributed by atoms with Crippen molar-refractivity contribution in [2.75, 3.05) is 10.6 Å². The molecule has 0 saturated heterocycles. The highest BCUT2D eigenvalue weighted by atomic mass is 16.2. The van der Waals surface area contributed by atoms with Gasteiger partial charge in [0.25, 0.3) is 5.91 Å². The topological polar surface area (TPSA) is 97.1 Å². The van der Waals surface area contributed by atoms with Crippen LogP contribution >= 0.6 is 0 Å². The van der Waals surface area contributed by atoms with Crippen molar-refractivity contribution in [2.45, 2.75) is 26.3 Å². The van der Waals surface area contributed by atoms with Crippen molar-refractivity contribution in [3.05, 3.63) is 54.4 Å². The molecule has 0 saturated carbocycles. The van der Waals surface area contributed by atoms with Gasteiger partial charge in [0.15, 0.2) is 0 Å². The number of hydrogen-bond donors (Lipinski definition) is 3. The second-order valence-electron chi connectivity index (χ2n) is 6.00. The molecule has 0 unspecified atom stereocenters. The van der Waals surface area contributed by atoms with Crippen LogP contribution in [0.1, 0.15) is 30.6 Å². The molecule has 0 aliphatic heterocycles. The SMILES string of the molecule is CC(C)C[C@H](N)C(=O)Nc1ccc(C(=O)Nc2cccnc2)cc1. The fraction of sp³-hybridized carbons (Fsp3) is 0.278. The van der Waals surface area contributed by atoms with Crippen LogP contribution in [-0.2, 0) is 4.79 Å².